The molecule has 0 spiro atoms. The number of nitrogens with one attached hydrogen (secondary N) is 1. The van der Waals surface area contributed by atoms with E-state index >= 15 is 0 Å². The van der Waals surface area contributed by atoms with Crippen molar-refractivity contribution >= 4 is 21.8 Å². The molecule has 1 unspecified atom stereocenters. The topological polar surface area (TPSA) is 38.3 Å². The molecule has 5 heteroatoms. The van der Waals surface area contributed by atoms with Crippen molar-refractivity contribution < 1.29 is 13.9 Å². The summed E-state index contributed by atoms with van der Waals surface area (Å²) in [6.07, 6.45) is 0.391. The minimum Gasteiger partial charge on any atom is -0.496 e. The van der Waals surface area contributed by atoms with Gasteiger partial charge in [0.15, 0.2) is 0 Å². The predicted molar refractivity (Wildman–Crippen MR) is 67.9 cm³/mol. The van der Waals surface area contributed by atoms with Gasteiger partial charge in [-0.05, 0) is 25.1 Å². The Morgan fingerprint density at radius 2 is 2.29 bits per heavy atom. The molecule has 3 nitrogen and oxygen atoms in total. The Morgan fingerprint density at radius 3 is 2.88 bits per heavy atom. The number of carbonyl (C=O) groups excluding carboxylic acids is 1. The summed E-state index contributed by atoms with van der Waals surface area (Å²) < 4.78 is 18.3. The summed E-state index contributed by atoms with van der Waals surface area (Å²) in [4.78, 5) is 11.4. The van der Waals surface area contributed by atoms with Gasteiger partial charge in [0.1, 0.15) is 11.6 Å². The summed E-state index contributed by atoms with van der Waals surface area (Å²) in [5.41, 5.74) is 0.635. The van der Waals surface area contributed by atoms with Crippen molar-refractivity contribution in [1.29, 1.82) is 0 Å². The molecule has 0 saturated carbocycles. The first-order chi connectivity index (χ1) is 8.08. The van der Waals surface area contributed by atoms with Crippen LogP contribution in [0.1, 0.15) is 24.9 Å². The van der Waals surface area contributed by atoms with E-state index in [-0.39, 0.29) is 17.8 Å². The lowest BCUT2D eigenvalue weighted by Gasteiger charge is -2.17. The van der Waals surface area contributed by atoms with Crippen LogP contribution in [0.4, 0.5) is 4.39 Å². The van der Waals surface area contributed by atoms with Crippen LogP contribution in [0.2, 0.25) is 0 Å². The predicted octanol–water partition coefficient (Wildman–Crippen LogP) is 2.80. The molecule has 1 aromatic rings. The summed E-state index contributed by atoms with van der Waals surface area (Å²) in [5.74, 6) is 0.140. The van der Waals surface area contributed by atoms with Crippen LogP contribution in [0.15, 0.2) is 18.2 Å². The lowest BCUT2D eigenvalue weighted by molar-refractivity contribution is -0.121. The van der Waals surface area contributed by atoms with E-state index in [1.807, 2.05) is 0 Å². The van der Waals surface area contributed by atoms with E-state index in [1.165, 1.54) is 19.2 Å². The Kier molecular flexibility index (Phi) is 5.41. The van der Waals surface area contributed by atoms with E-state index in [0.717, 1.165) is 0 Å². The van der Waals surface area contributed by atoms with Crippen LogP contribution in [0, 0.1) is 5.82 Å². The molecule has 1 aromatic carbocycles. The number of benzene rings is 1. The minimum absolute atomic E-state index is 0.0827. The highest BCUT2D eigenvalue weighted by molar-refractivity contribution is 9.09. The van der Waals surface area contributed by atoms with E-state index in [9.17, 15) is 9.18 Å². The van der Waals surface area contributed by atoms with Crippen LogP contribution in [0.5, 0.6) is 5.75 Å². The third kappa shape index (κ3) is 4.00. The van der Waals surface area contributed by atoms with Gasteiger partial charge in [-0.1, -0.05) is 15.9 Å². The standard InChI is InChI=1S/C12H15BrFNO2/c1-8(15-12(16)5-6-13)10-7-9(14)3-4-11(10)17-2/h3-4,7-8H,5-6H2,1-2H3,(H,15,16). The number of amides is 1. The van der Waals surface area contributed by atoms with Gasteiger partial charge < -0.3 is 10.1 Å². The number of halogens is 2. The average molecular weight is 304 g/mol. The second kappa shape index (κ2) is 6.59. The molecule has 0 fully saturated rings. The van der Waals surface area contributed by atoms with Crippen LogP contribution in [-0.2, 0) is 4.79 Å². The second-order valence-corrected chi connectivity index (χ2v) is 4.41. The molecule has 1 N–H and O–H groups in total. The second-order valence-electron chi connectivity index (χ2n) is 3.61. The fraction of sp³-hybridized carbons (Fsp3) is 0.417. The molecule has 17 heavy (non-hydrogen) atoms. The number of hydrogen-bond acceptors (Lipinski definition) is 2. The third-order valence-electron chi connectivity index (χ3n) is 2.36. The van der Waals surface area contributed by atoms with E-state index in [0.29, 0.717) is 23.1 Å². The maximum absolute atomic E-state index is 13.2. The zero-order valence-electron chi connectivity index (χ0n) is 9.80. The maximum atomic E-state index is 13.2. The molecule has 1 amide bonds. The number of rotatable bonds is 5. The summed E-state index contributed by atoms with van der Waals surface area (Å²) in [7, 11) is 1.52. The van der Waals surface area contributed by atoms with Crippen molar-refractivity contribution in [3.8, 4) is 5.75 Å². The molecule has 0 bridgehead atoms. The van der Waals surface area contributed by atoms with Gasteiger partial charge in [-0.15, -0.1) is 0 Å². The summed E-state index contributed by atoms with van der Waals surface area (Å²) >= 11 is 3.19. The first-order valence-corrected chi connectivity index (χ1v) is 6.39. The molecular formula is C12H15BrFNO2. The monoisotopic (exact) mass is 303 g/mol. The van der Waals surface area contributed by atoms with Gasteiger partial charge in [-0.25, -0.2) is 4.39 Å². The van der Waals surface area contributed by atoms with Crippen molar-refractivity contribution in [2.75, 3.05) is 12.4 Å². The first kappa shape index (κ1) is 14.0. The van der Waals surface area contributed by atoms with Crippen LogP contribution in [-0.4, -0.2) is 18.3 Å². The molecule has 94 valence electrons. The molecule has 0 saturated heterocycles. The van der Waals surface area contributed by atoms with Crippen LogP contribution >= 0.6 is 15.9 Å². The minimum atomic E-state index is -0.345. The number of methoxy groups -OCH3 is 1. The lowest BCUT2D eigenvalue weighted by atomic mass is 10.1. The number of carbonyl (C=O) groups is 1. The van der Waals surface area contributed by atoms with Crippen molar-refractivity contribution in [2.24, 2.45) is 0 Å². The molecule has 0 aliphatic heterocycles. The summed E-state index contributed by atoms with van der Waals surface area (Å²) in [6, 6.07) is 3.97. The number of alkyl halides is 1. The Labute approximate surface area is 108 Å². The molecule has 1 rings (SSSR count). The SMILES string of the molecule is COc1ccc(F)cc1C(C)NC(=O)CCBr. The quantitative estimate of drug-likeness (QED) is 0.850. The highest BCUT2D eigenvalue weighted by Gasteiger charge is 2.14. The van der Waals surface area contributed by atoms with Crippen molar-refractivity contribution in [1.82, 2.24) is 5.32 Å². The molecule has 1 atom stereocenters. The Morgan fingerprint density at radius 1 is 1.59 bits per heavy atom. The van der Waals surface area contributed by atoms with E-state index in [1.54, 1.807) is 13.0 Å². The Hall–Kier alpha value is -1.10. The zero-order chi connectivity index (χ0) is 12.8. The largest absolute Gasteiger partial charge is 0.496 e. The fourth-order valence-corrected chi connectivity index (χ4v) is 1.88. The lowest BCUT2D eigenvalue weighted by Crippen LogP contribution is -2.27. The van der Waals surface area contributed by atoms with E-state index < -0.39 is 0 Å². The third-order valence-corrected chi connectivity index (χ3v) is 2.75. The van der Waals surface area contributed by atoms with Gasteiger partial charge >= 0.3 is 0 Å². The Bertz CT molecular complexity index is 398. The number of ether oxygens (including phenoxy) is 1. The molecule has 0 heterocycles. The average Bonchev–Trinajstić information content (AvgIpc) is 2.29. The van der Waals surface area contributed by atoms with Gasteiger partial charge in [0, 0.05) is 17.3 Å². The molecular weight excluding hydrogens is 289 g/mol. The van der Waals surface area contributed by atoms with Gasteiger partial charge in [0.05, 0.1) is 13.2 Å². The summed E-state index contributed by atoms with van der Waals surface area (Å²) in [6.45, 7) is 1.80. The van der Waals surface area contributed by atoms with Gasteiger partial charge in [-0.2, -0.15) is 0 Å². The smallest absolute Gasteiger partial charge is 0.221 e. The van der Waals surface area contributed by atoms with Gasteiger partial charge in [-0.3, -0.25) is 4.79 Å². The van der Waals surface area contributed by atoms with Crippen molar-refractivity contribution in [3.05, 3.63) is 29.6 Å². The number of hydrogen-bond donors (Lipinski definition) is 1. The molecule has 0 aromatic heterocycles. The van der Waals surface area contributed by atoms with E-state index in [4.69, 9.17) is 4.74 Å². The van der Waals surface area contributed by atoms with Crippen molar-refractivity contribution in [2.45, 2.75) is 19.4 Å². The van der Waals surface area contributed by atoms with E-state index in [2.05, 4.69) is 21.2 Å². The fourth-order valence-electron chi connectivity index (χ4n) is 1.52. The Balaban J connectivity index is 2.83. The molecule has 0 aliphatic rings. The van der Waals surface area contributed by atoms with Crippen LogP contribution in [0.25, 0.3) is 0 Å². The van der Waals surface area contributed by atoms with Crippen LogP contribution in [0.3, 0.4) is 0 Å². The first-order valence-electron chi connectivity index (χ1n) is 5.27. The highest BCUT2D eigenvalue weighted by Crippen LogP contribution is 2.25. The van der Waals surface area contributed by atoms with Gasteiger partial charge in [0.2, 0.25) is 5.91 Å². The summed E-state index contributed by atoms with van der Waals surface area (Å²) in [5, 5.41) is 3.39. The normalized spacial score (nSPS) is 12.0. The zero-order valence-corrected chi connectivity index (χ0v) is 11.4. The molecule has 0 radical (unpaired) electrons. The molecule has 0 aliphatic carbocycles. The van der Waals surface area contributed by atoms with Crippen molar-refractivity contribution in [3.63, 3.8) is 0 Å². The maximum Gasteiger partial charge on any atom is 0.221 e. The van der Waals surface area contributed by atoms with Gasteiger partial charge in [0.25, 0.3) is 0 Å². The van der Waals surface area contributed by atoms with Crippen LogP contribution < -0.4 is 10.1 Å². The highest BCUT2D eigenvalue weighted by atomic mass is 79.9.